The van der Waals surface area contributed by atoms with Crippen LogP contribution in [0.3, 0.4) is 0 Å². The molecule has 5 rings (SSSR count). The molecule has 31 heavy (non-hydrogen) atoms. The summed E-state index contributed by atoms with van der Waals surface area (Å²) in [5.74, 6) is 0.154. The lowest BCUT2D eigenvalue weighted by atomic mass is 9.89. The Morgan fingerprint density at radius 2 is 1.77 bits per heavy atom. The normalized spacial score (nSPS) is 25.1. The summed E-state index contributed by atoms with van der Waals surface area (Å²) in [5, 5.41) is 8.07. The Bertz CT molecular complexity index is 1040. The molecule has 0 saturated carbocycles. The quantitative estimate of drug-likeness (QED) is 0.454. The van der Waals surface area contributed by atoms with Crippen molar-refractivity contribution in [2.75, 3.05) is 5.75 Å². The molecule has 3 unspecified atom stereocenters. The highest BCUT2D eigenvalue weighted by Gasteiger charge is 2.58. The maximum Gasteiger partial charge on any atom is 0.332 e. The molecule has 1 amide bonds. The molecule has 7 nitrogen and oxygen atoms in total. The van der Waals surface area contributed by atoms with Gasteiger partial charge in [0.05, 0.1) is 18.0 Å². The average Bonchev–Trinajstić information content (AvgIpc) is 3.35. The topological polar surface area (TPSA) is 77.3 Å². The highest BCUT2D eigenvalue weighted by atomic mass is 32.2. The van der Waals surface area contributed by atoms with Gasteiger partial charge in [0.2, 0.25) is 5.91 Å². The molecule has 0 aliphatic carbocycles. The fraction of sp³-hybridized carbons (Fsp3) is 0.304. The number of benzene rings is 2. The van der Waals surface area contributed by atoms with Crippen LogP contribution in [0, 0.1) is 0 Å². The Morgan fingerprint density at radius 1 is 1.13 bits per heavy atom. The first kappa shape index (κ1) is 19.8. The number of carbonyl (C=O) groups is 2. The van der Waals surface area contributed by atoms with Gasteiger partial charge in [-0.3, -0.25) is 4.79 Å². The summed E-state index contributed by atoms with van der Waals surface area (Å²) in [6.45, 7) is 1.93. The molecule has 2 aliphatic heterocycles. The molecule has 1 aromatic heterocycles. The number of rotatable bonds is 5. The van der Waals surface area contributed by atoms with Crippen LogP contribution in [-0.4, -0.2) is 48.9 Å². The van der Waals surface area contributed by atoms with Gasteiger partial charge in [-0.2, -0.15) is 0 Å². The first-order valence-corrected chi connectivity index (χ1v) is 11.2. The van der Waals surface area contributed by atoms with Crippen molar-refractivity contribution >= 4 is 23.6 Å². The number of thioether (sulfide) groups is 1. The van der Waals surface area contributed by atoms with Crippen LogP contribution >= 0.6 is 11.8 Å². The van der Waals surface area contributed by atoms with Gasteiger partial charge in [-0.1, -0.05) is 65.9 Å². The number of ether oxygens (including phenoxy) is 1. The number of β-lactam (4-membered cyclic amide) rings is 1. The maximum atomic E-state index is 13.7. The second-order valence-electron chi connectivity index (χ2n) is 8.02. The summed E-state index contributed by atoms with van der Waals surface area (Å²) in [5.41, 5.74) is 0.991. The van der Waals surface area contributed by atoms with Crippen LogP contribution in [0.25, 0.3) is 0 Å². The third kappa shape index (κ3) is 3.40. The van der Waals surface area contributed by atoms with Crippen molar-refractivity contribution < 1.29 is 14.3 Å². The van der Waals surface area contributed by atoms with Crippen molar-refractivity contribution in [1.29, 1.82) is 0 Å². The smallest absolute Gasteiger partial charge is 0.332 e. The minimum atomic E-state index is -0.781. The first-order chi connectivity index (χ1) is 15.1. The van der Waals surface area contributed by atoms with E-state index < -0.39 is 23.7 Å². The summed E-state index contributed by atoms with van der Waals surface area (Å²) in [6.07, 6.45) is 3.19. The lowest BCUT2D eigenvalue weighted by Gasteiger charge is -2.54. The van der Waals surface area contributed by atoms with Gasteiger partial charge in [0.25, 0.3) is 0 Å². The van der Waals surface area contributed by atoms with Crippen molar-refractivity contribution in [2.45, 2.75) is 36.4 Å². The minimum absolute atomic E-state index is 0.00598. The van der Waals surface area contributed by atoms with Crippen molar-refractivity contribution in [3.63, 3.8) is 0 Å². The number of esters is 1. The number of carbonyl (C=O) groups excluding carboxylic acids is 2. The minimum Gasteiger partial charge on any atom is -0.451 e. The van der Waals surface area contributed by atoms with E-state index in [0.29, 0.717) is 12.2 Å². The van der Waals surface area contributed by atoms with Crippen LogP contribution in [0.5, 0.6) is 0 Å². The third-order valence-corrected chi connectivity index (χ3v) is 7.52. The molecule has 0 radical (unpaired) electrons. The molecule has 2 saturated heterocycles. The molecule has 3 atom stereocenters. The van der Waals surface area contributed by atoms with Crippen molar-refractivity contribution in [1.82, 2.24) is 19.9 Å². The number of fused-ring (bicyclic) bond motifs is 1. The van der Waals surface area contributed by atoms with Crippen LogP contribution in [0.1, 0.15) is 30.6 Å². The molecule has 2 aliphatic rings. The van der Waals surface area contributed by atoms with Gasteiger partial charge < -0.3 is 9.64 Å². The zero-order valence-corrected chi connectivity index (χ0v) is 17.8. The highest BCUT2D eigenvalue weighted by molar-refractivity contribution is 8.00. The maximum absolute atomic E-state index is 13.7. The first-order valence-electron chi connectivity index (χ1n) is 10.2. The lowest BCUT2D eigenvalue weighted by molar-refractivity contribution is -0.171. The Hall–Kier alpha value is -3.13. The molecule has 0 N–H and O–H groups in total. The Morgan fingerprint density at radius 3 is 2.32 bits per heavy atom. The summed E-state index contributed by atoms with van der Waals surface area (Å²) < 4.78 is 7.83. The van der Waals surface area contributed by atoms with Crippen LogP contribution in [0.4, 0.5) is 0 Å². The molecule has 3 aromatic rings. The number of hydrogen-bond donors (Lipinski definition) is 0. The van der Waals surface area contributed by atoms with Crippen LogP contribution in [0.2, 0.25) is 0 Å². The third-order valence-electron chi connectivity index (χ3n) is 5.99. The second-order valence-corrected chi connectivity index (χ2v) is 9.18. The number of amides is 1. The van der Waals surface area contributed by atoms with E-state index in [2.05, 4.69) is 10.3 Å². The van der Waals surface area contributed by atoms with E-state index >= 15 is 0 Å². The molecule has 2 aromatic carbocycles. The second kappa shape index (κ2) is 7.85. The summed E-state index contributed by atoms with van der Waals surface area (Å²) >= 11 is 1.66. The Labute approximate surface area is 184 Å². The lowest BCUT2D eigenvalue weighted by Crippen LogP contribution is -2.70. The fourth-order valence-electron chi connectivity index (χ4n) is 4.30. The number of hydrogen-bond acceptors (Lipinski definition) is 6. The van der Waals surface area contributed by atoms with Crippen molar-refractivity contribution in [2.24, 2.45) is 0 Å². The van der Waals surface area contributed by atoms with Gasteiger partial charge in [0.1, 0.15) is 5.54 Å². The predicted octanol–water partition coefficient (Wildman–Crippen LogP) is 3.00. The Kier molecular flexibility index (Phi) is 5.02. The van der Waals surface area contributed by atoms with Gasteiger partial charge in [0.15, 0.2) is 12.1 Å². The van der Waals surface area contributed by atoms with E-state index in [9.17, 15) is 9.59 Å². The molecule has 0 bridgehead atoms. The van der Waals surface area contributed by atoms with E-state index in [0.717, 1.165) is 11.1 Å². The summed E-state index contributed by atoms with van der Waals surface area (Å²) in [6, 6.07) is 18.5. The van der Waals surface area contributed by atoms with Crippen LogP contribution in [-0.2, 0) is 19.9 Å². The highest BCUT2D eigenvalue weighted by Crippen LogP contribution is 2.45. The van der Waals surface area contributed by atoms with Crippen molar-refractivity contribution in [3.8, 4) is 0 Å². The zero-order valence-electron chi connectivity index (χ0n) is 17.0. The molecule has 3 heterocycles. The van der Waals surface area contributed by atoms with E-state index in [4.69, 9.17) is 4.74 Å². The zero-order chi connectivity index (χ0) is 21.4. The monoisotopic (exact) mass is 434 g/mol. The fourth-order valence-corrected chi connectivity index (χ4v) is 5.78. The number of aromatic nitrogens is 3. The van der Waals surface area contributed by atoms with Gasteiger partial charge in [-0.25, -0.2) is 9.48 Å². The molecule has 0 spiro atoms. The average molecular weight is 435 g/mol. The van der Waals surface area contributed by atoms with E-state index in [1.54, 1.807) is 33.7 Å². The van der Waals surface area contributed by atoms with Gasteiger partial charge in [-0.05, 0) is 18.1 Å². The van der Waals surface area contributed by atoms with Gasteiger partial charge in [-0.15, -0.1) is 16.9 Å². The standard InChI is InChI=1S/C23H22N4O3S/c1-23(26-13-12-24-25-26)15-31-19-14-18(28)27(19)21(23)22(29)30-20(16-8-4-2-5-9-16)17-10-6-3-7-11-17/h2-13,19-21H,14-15H2,1H3. The molecular formula is C23H22N4O3S. The SMILES string of the molecule is CC1(n2ccnn2)CSC2CC(=O)N2C1C(=O)OC(c1ccccc1)c1ccccc1. The van der Waals surface area contributed by atoms with Crippen molar-refractivity contribution in [3.05, 3.63) is 84.2 Å². The van der Waals surface area contributed by atoms with Gasteiger partial charge >= 0.3 is 5.97 Å². The summed E-state index contributed by atoms with van der Waals surface area (Å²) in [7, 11) is 0. The molecule has 2 fully saturated rings. The summed E-state index contributed by atoms with van der Waals surface area (Å²) in [4.78, 5) is 27.9. The Balaban J connectivity index is 1.52. The molecule has 158 valence electrons. The number of nitrogens with zero attached hydrogens (tertiary/aromatic N) is 4. The van der Waals surface area contributed by atoms with Crippen LogP contribution in [0.15, 0.2) is 73.1 Å². The predicted molar refractivity (Wildman–Crippen MR) is 116 cm³/mol. The molecular weight excluding hydrogens is 412 g/mol. The van der Waals surface area contributed by atoms with E-state index in [1.807, 2.05) is 67.6 Å². The van der Waals surface area contributed by atoms with E-state index in [1.165, 1.54) is 0 Å². The van der Waals surface area contributed by atoms with Gasteiger partial charge in [0, 0.05) is 11.9 Å². The molecule has 8 heteroatoms. The van der Waals surface area contributed by atoms with Crippen LogP contribution < -0.4 is 0 Å². The largest absolute Gasteiger partial charge is 0.451 e. The van der Waals surface area contributed by atoms with E-state index in [-0.39, 0.29) is 11.3 Å².